The Balaban J connectivity index is 1.50. The highest BCUT2D eigenvalue weighted by Crippen LogP contribution is 2.23. The van der Waals surface area contributed by atoms with Crippen LogP contribution in [0.25, 0.3) is 0 Å². The molecule has 116 valence electrons. The molecular formula is C16H31N3O. The molecule has 3 fully saturated rings. The number of hydrogen-bond donors (Lipinski definition) is 1. The Bertz CT molecular complexity index is 312. The van der Waals surface area contributed by atoms with Crippen molar-refractivity contribution in [2.45, 2.75) is 51.3 Å². The lowest BCUT2D eigenvalue weighted by Crippen LogP contribution is -2.52. The van der Waals surface area contributed by atoms with Crippen LogP contribution in [0, 0.1) is 5.92 Å². The van der Waals surface area contributed by atoms with Crippen LogP contribution < -0.4 is 5.32 Å². The van der Waals surface area contributed by atoms with Crippen LogP contribution in [0.1, 0.15) is 33.1 Å². The van der Waals surface area contributed by atoms with Crippen molar-refractivity contribution in [1.29, 1.82) is 0 Å². The van der Waals surface area contributed by atoms with Crippen LogP contribution in [0.4, 0.5) is 0 Å². The normalized spacial score (nSPS) is 41.1. The first-order chi connectivity index (χ1) is 9.70. The lowest BCUT2D eigenvalue weighted by atomic mass is 10.1. The predicted octanol–water partition coefficient (Wildman–Crippen LogP) is 1.17. The Kier molecular flexibility index (Phi) is 4.97. The summed E-state index contributed by atoms with van der Waals surface area (Å²) in [6, 6.07) is 1.37. The third-order valence-electron chi connectivity index (χ3n) is 5.19. The summed E-state index contributed by atoms with van der Waals surface area (Å²) >= 11 is 0. The largest absolute Gasteiger partial charge is 0.374 e. The first-order valence-electron chi connectivity index (χ1n) is 8.52. The minimum Gasteiger partial charge on any atom is -0.374 e. The number of morpholine rings is 1. The van der Waals surface area contributed by atoms with Gasteiger partial charge in [-0.15, -0.1) is 0 Å². The first-order valence-corrected chi connectivity index (χ1v) is 8.52. The Morgan fingerprint density at radius 2 is 2.05 bits per heavy atom. The summed E-state index contributed by atoms with van der Waals surface area (Å²) in [7, 11) is 0. The van der Waals surface area contributed by atoms with Crippen LogP contribution in [0.2, 0.25) is 0 Å². The lowest BCUT2D eigenvalue weighted by Gasteiger charge is -2.39. The summed E-state index contributed by atoms with van der Waals surface area (Å²) in [5.41, 5.74) is 0. The van der Waals surface area contributed by atoms with E-state index < -0.39 is 0 Å². The topological polar surface area (TPSA) is 27.7 Å². The van der Waals surface area contributed by atoms with E-state index in [2.05, 4.69) is 29.0 Å². The molecule has 20 heavy (non-hydrogen) atoms. The van der Waals surface area contributed by atoms with E-state index in [-0.39, 0.29) is 0 Å². The van der Waals surface area contributed by atoms with Crippen LogP contribution in [0.3, 0.4) is 0 Å². The maximum atomic E-state index is 6.13. The van der Waals surface area contributed by atoms with Crippen LogP contribution in [0.5, 0.6) is 0 Å². The van der Waals surface area contributed by atoms with Gasteiger partial charge in [-0.3, -0.25) is 4.90 Å². The van der Waals surface area contributed by atoms with Gasteiger partial charge in [0.25, 0.3) is 0 Å². The number of nitrogens with zero attached hydrogens (tertiary/aromatic N) is 2. The average Bonchev–Trinajstić information content (AvgIpc) is 2.88. The van der Waals surface area contributed by atoms with Gasteiger partial charge in [0.15, 0.2) is 0 Å². The molecule has 0 amide bonds. The van der Waals surface area contributed by atoms with Crippen molar-refractivity contribution in [2.24, 2.45) is 5.92 Å². The van der Waals surface area contributed by atoms with Gasteiger partial charge in [-0.25, -0.2) is 0 Å². The Labute approximate surface area is 123 Å². The van der Waals surface area contributed by atoms with Gasteiger partial charge in [-0.05, 0) is 51.7 Å². The monoisotopic (exact) mass is 281 g/mol. The zero-order valence-electron chi connectivity index (χ0n) is 13.2. The van der Waals surface area contributed by atoms with Crippen LogP contribution >= 0.6 is 0 Å². The number of nitrogens with one attached hydrogen (secondary N) is 1. The molecule has 0 aliphatic carbocycles. The molecular weight excluding hydrogens is 250 g/mol. The Morgan fingerprint density at radius 3 is 2.95 bits per heavy atom. The number of rotatable bonds is 2. The van der Waals surface area contributed by atoms with E-state index in [1.165, 1.54) is 38.9 Å². The SMILES string of the molecule is CC1CNC(C)CCN(CC2CN3CCCC3CO2)C1. The smallest absolute Gasteiger partial charge is 0.0829 e. The molecule has 0 aromatic rings. The highest BCUT2D eigenvalue weighted by molar-refractivity contribution is 4.87. The fourth-order valence-electron chi connectivity index (χ4n) is 3.93. The lowest BCUT2D eigenvalue weighted by molar-refractivity contribution is -0.0629. The molecule has 3 aliphatic heterocycles. The molecule has 4 nitrogen and oxygen atoms in total. The summed E-state index contributed by atoms with van der Waals surface area (Å²) in [5, 5.41) is 3.62. The molecule has 4 atom stereocenters. The molecule has 3 rings (SSSR count). The van der Waals surface area contributed by atoms with Gasteiger partial charge in [0.05, 0.1) is 12.7 Å². The van der Waals surface area contributed by atoms with Crippen molar-refractivity contribution < 1.29 is 4.74 Å². The summed E-state index contributed by atoms with van der Waals surface area (Å²) in [4.78, 5) is 5.30. The second kappa shape index (κ2) is 6.73. The molecule has 3 aliphatic rings. The number of hydrogen-bond acceptors (Lipinski definition) is 4. The van der Waals surface area contributed by atoms with Crippen molar-refractivity contribution in [3.8, 4) is 0 Å². The van der Waals surface area contributed by atoms with Gasteiger partial charge in [0.1, 0.15) is 0 Å². The summed E-state index contributed by atoms with van der Waals surface area (Å²) in [5.74, 6) is 0.737. The van der Waals surface area contributed by atoms with Crippen LogP contribution in [0.15, 0.2) is 0 Å². The van der Waals surface area contributed by atoms with E-state index in [1.54, 1.807) is 0 Å². The first kappa shape index (κ1) is 14.8. The highest BCUT2D eigenvalue weighted by Gasteiger charge is 2.33. The van der Waals surface area contributed by atoms with Crippen molar-refractivity contribution in [3.05, 3.63) is 0 Å². The fourth-order valence-corrected chi connectivity index (χ4v) is 3.93. The van der Waals surface area contributed by atoms with Crippen molar-refractivity contribution in [3.63, 3.8) is 0 Å². The van der Waals surface area contributed by atoms with Crippen LogP contribution in [-0.2, 0) is 4.74 Å². The minimum atomic E-state index is 0.430. The average molecular weight is 281 g/mol. The van der Waals surface area contributed by atoms with Gasteiger partial charge in [0.2, 0.25) is 0 Å². The van der Waals surface area contributed by atoms with Gasteiger partial charge >= 0.3 is 0 Å². The molecule has 0 radical (unpaired) electrons. The summed E-state index contributed by atoms with van der Waals surface area (Å²) in [6.07, 6.45) is 4.40. The molecule has 0 saturated carbocycles. The zero-order valence-corrected chi connectivity index (χ0v) is 13.2. The Morgan fingerprint density at radius 1 is 1.15 bits per heavy atom. The molecule has 1 N–H and O–H groups in total. The van der Waals surface area contributed by atoms with E-state index >= 15 is 0 Å². The van der Waals surface area contributed by atoms with E-state index in [0.29, 0.717) is 12.1 Å². The van der Waals surface area contributed by atoms with E-state index in [1.807, 2.05) is 0 Å². The van der Waals surface area contributed by atoms with Gasteiger partial charge in [-0.1, -0.05) is 6.92 Å². The number of fused-ring (bicyclic) bond motifs is 1. The fraction of sp³-hybridized carbons (Fsp3) is 1.00. The molecule has 3 saturated heterocycles. The molecule has 4 unspecified atom stereocenters. The second-order valence-corrected chi connectivity index (χ2v) is 7.21. The summed E-state index contributed by atoms with van der Waals surface area (Å²) < 4.78 is 6.13. The van der Waals surface area contributed by atoms with E-state index in [4.69, 9.17) is 4.74 Å². The van der Waals surface area contributed by atoms with Gasteiger partial charge < -0.3 is 15.0 Å². The van der Waals surface area contributed by atoms with E-state index in [0.717, 1.165) is 38.2 Å². The standard InChI is InChI=1S/C16H31N3O/c1-13-8-17-14(2)5-7-18(9-13)10-16-11-19-6-3-4-15(19)12-20-16/h13-17H,3-12H2,1-2H3. The third-order valence-corrected chi connectivity index (χ3v) is 5.19. The third kappa shape index (κ3) is 3.73. The maximum Gasteiger partial charge on any atom is 0.0829 e. The van der Waals surface area contributed by atoms with Crippen molar-refractivity contribution in [2.75, 3.05) is 45.9 Å². The van der Waals surface area contributed by atoms with E-state index in [9.17, 15) is 0 Å². The van der Waals surface area contributed by atoms with Crippen molar-refractivity contribution >= 4 is 0 Å². The predicted molar refractivity (Wildman–Crippen MR) is 82.0 cm³/mol. The molecule has 4 heteroatoms. The number of ether oxygens (including phenoxy) is 1. The second-order valence-electron chi connectivity index (χ2n) is 7.21. The van der Waals surface area contributed by atoms with Crippen molar-refractivity contribution in [1.82, 2.24) is 15.1 Å². The van der Waals surface area contributed by atoms with Crippen LogP contribution in [-0.4, -0.2) is 73.9 Å². The molecule has 0 bridgehead atoms. The summed E-state index contributed by atoms with van der Waals surface area (Å²) in [6.45, 7) is 12.8. The highest BCUT2D eigenvalue weighted by atomic mass is 16.5. The quantitative estimate of drug-likeness (QED) is 0.822. The zero-order chi connectivity index (χ0) is 13.9. The van der Waals surface area contributed by atoms with Gasteiger partial charge in [-0.2, -0.15) is 0 Å². The maximum absolute atomic E-state index is 6.13. The molecule has 0 aromatic carbocycles. The molecule has 0 spiro atoms. The minimum absolute atomic E-state index is 0.430. The van der Waals surface area contributed by atoms with Gasteiger partial charge in [0, 0.05) is 31.7 Å². The molecule has 0 aromatic heterocycles. The molecule has 3 heterocycles. The Hall–Kier alpha value is -0.160.